The second-order valence-electron chi connectivity index (χ2n) is 3.92. The third-order valence-electron chi connectivity index (χ3n) is 2.65. The molecule has 0 saturated heterocycles. The summed E-state index contributed by atoms with van der Waals surface area (Å²) in [7, 11) is 0. The van der Waals surface area contributed by atoms with Gasteiger partial charge in [-0.15, -0.1) is 12.4 Å². The number of hydrogen-bond acceptors (Lipinski definition) is 4. The first kappa shape index (κ1) is 14.7. The van der Waals surface area contributed by atoms with Crippen LogP contribution in [-0.2, 0) is 6.54 Å². The topological polar surface area (TPSA) is 78.9 Å². The SMILES string of the molecule is Cc1cc(=O)n(Cc2cccnc2)c(O)c1C#N.Cl. The number of aromatic hydroxyl groups is 1. The normalized spacial score (nSPS) is 9.47. The molecule has 0 aromatic carbocycles. The summed E-state index contributed by atoms with van der Waals surface area (Å²) in [6.07, 6.45) is 3.24. The first-order chi connectivity index (χ1) is 8.63. The largest absolute Gasteiger partial charge is 0.493 e. The molecule has 0 spiro atoms. The molecule has 0 saturated carbocycles. The number of aromatic nitrogens is 2. The van der Waals surface area contributed by atoms with Crippen molar-refractivity contribution in [3.8, 4) is 11.9 Å². The van der Waals surface area contributed by atoms with Crippen LogP contribution in [0, 0.1) is 18.3 Å². The van der Waals surface area contributed by atoms with Crippen LogP contribution in [0.4, 0.5) is 0 Å². The van der Waals surface area contributed by atoms with E-state index in [4.69, 9.17) is 5.26 Å². The predicted molar refractivity (Wildman–Crippen MR) is 72.4 cm³/mol. The summed E-state index contributed by atoms with van der Waals surface area (Å²) < 4.78 is 1.16. The molecule has 2 aromatic rings. The van der Waals surface area contributed by atoms with Crippen molar-refractivity contribution < 1.29 is 5.11 Å². The lowest BCUT2D eigenvalue weighted by molar-refractivity contribution is 0.412. The second kappa shape index (κ2) is 6.03. The van der Waals surface area contributed by atoms with E-state index in [9.17, 15) is 9.90 Å². The van der Waals surface area contributed by atoms with Crippen molar-refractivity contribution in [3.05, 3.63) is 57.6 Å². The fourth-order valence-corrected chi connectivity index (χ4v) is 1.72. The van der Waals surface area contributed by atoms with E-state index in [1.165, 1.54) is 6.07 Å². The molecule has 0 aliphatic rings. The van der Waals surface area contributed by atoms with Crippen LogP contribution in [-0.4, -0.2) is 14.7 Å². The molecule has 0 aliphatic heterocycles. The van der Waals surface area contributed by atoms with Crippen LogP contribution in [0.25, 0.3) is 0 Å². The Morgan fingerprint density at radius 2 is 2.26 bits per heavy atom. The predicted octanol–water partition coefficient (Wildman–Crippen LogP) is 1.60. The average Bonchev–Trinajstić information content (AvgIpc) is 2.36. The maximum Gasteiger partial charge on any atom is 0.253 e. The molecule has 98 valence electrons. The van der Waals surface area contributed by atoms with Gasteiger partial charge in [0.15, 0.2) is 0 Å². The van der Waals surface area contributed by atoms with Gasteiger partial charge in [0.2, 0.25) is 5.88 Å². The van der Waals surface area contributed by atoms with Gasteiger partial charge < -0.3 is 5.11 Å². The van der Waals surface area contributed by atoms with E-state index >= 15 is 0 Å². The third-order valence-corrected chi connectivity index (χ3v) is 2.65. The van der Waals surface area contributed by atoms with Crippen molar-refractivity contribution in [1.29, 1.82) is 5.26 Å². The van der Waals surface area contributed by atoms with Gasteiger partial charge in [-0.1, -0.05) is 6.07 Å². The van der Waals surface area contributed by atoms with Gasteiger partial charge >= 0.3 is 0 Å². The van der Waals surface area contributed by atoms with Crippen LogP contribution in [0.1, 0.15) is 16.7 Å². The molecule has 0 atom stereocenters. The van der Waals surface area contributed by atoms with Crippen molar-refractivity contribution in [3.63, 3.8) is 0 Å². The Balaban J connectivity index is 0.00000180. The van der Waals surface area contributed by atoms with Crippen molar-refractivity contribution in [2.75, 3.05) is 0 Å². The Morgan fingerprint density at radius 1 is 1.53 bits per heavy atom. The van der Waals surface area contributed by atoms with Crippen LogP contribution >= 0.6 is 12.4 Å². The highest BCUT2D eigenvalue weighted by Gasteiger charge is 2.12. The molecular formula is C13H12ClN3O2. The zero-order valence-corrected chi connectivity index (χ0v) is 11.0. The van der Waals surface area contributed by atoms with Crippen LogP contribution < -0.4 is 5.56 Å². The van der Waals surface area contributed by atoms with Crippen LogP contribution in [0.3, 0.4) is 0 Å². The Bertz CT molecular complexity index is 675. The molecule has 1 N–H and O–H groups in total. The van der Waals surface area contributed by atoms with Crippen molar-refractivity contribution in [2.45, 2.75) is 13.5 Å². The molecule has 0 unspecified atom stereocenters. The summed E-state index contributed by atoms with van der Waals surface area (Å²) in [5, 5.41) is 18.9. The number of halogens is 1. The zero-order chi connectivity index (χ0) is 13.1. The highest BCUT2D eigenvalue weighted by Crippen LogP contribution is 2.18. The minimum Gasteiger partial charge on any atom is -0.493 e. The first-order valence-electron chi connectivity index (χ1n) is 5.36. The van der Waals surface area contributed by atoms with Crippen molar-refractivity contribution >= 4 is 12.4 Å². The molecule has 0 amide bonds. The van der Waals surface area contributed by atoms with E-state index < -0.39 is 0 Å². The minimum atomic E-state index is -0.340. The van der Waals surface area contributed by atoms with E-state index in [1.807, 2.05) is 6.07 Å². The lowest BCUT2D eigenvalue weighted by atomic mass is 10.1. The van der Waals surface area contributed by atoms with Gasteiger partial charge in [0.1, 0.15) is 11.6 Å². The average molecular weight is 278 g/mol. The molecule has 6 heteroatoms. The molecule has 0 bridgehead atoms. The molecule has 2 heterocycles. The number of aryl methyl sites for hydroxylation is 1. The highest BCUT2D eigenvalue weighted by molar-refractivity contribution is 5.85. The van der Waals surface area contributed by atoms with E-state index in [0.29, 0.717) is 5.56 Å². The second-order valence-corrected chi connectivity index (χ2v) is 3.92. The summed E-state index contributed by atoms with van der Waals surface area (Å²) in [5.74, 6) is -0.300. The van der Waals surface area contributed by atoms with Gasteiger partial charge in [0, 0.05) is 18.5 Å². The Kier molecular flexibility index (Phi) is 4.67. The van der Waals surface area contributed by atoms with Crippen LogP contribution in [0.15, 0.2) is 35.4 Å². The van der Waals surface area contributed by atoms with E-state index in [0.717, 1.165) is 10.1 Å². The maximum atomic E-state index is 11.8. The molecular weight excluding hydrogens is 266 g/mol. The molecule has 2 aromatic heterocycles. The lowest BCUT2D eigenvalue weighted by Gasteiger charge is -2.10. The number of pyridine rings is 2. The number of nitriles is 1. The van der Waals surface area contributed by atoms with E-state index in [-0.39, 0.29) is 36.0 Å². The summed E-state index contributed by atoms with van der Waals surface area (Å²) in [4.78, 5) is 15.7. The fourth-order valence-electron chi connectivity index (χ4n) is 1.72. The fraction of sp³-hybridized carbons (Fsp3) is 0.154. The molecule has 5 nitrogen and oxygen atoms in total. The maximum absolute atomic E-state index is 11.8. The zero-order valence-electron chi connectivity index (χ0n) is 10.2. The van der Waals surface area contributed by atoms with E-state index in [1.54, 1.807) is 31.5 Å². The minimum absolute atomic E-state index is 0. The number of rotatable bonds is 2. The van der Waals surface area contributed by atoms with Gasteiger partial charge in [0.05, 0.1) is 6.54 Å². The van der Waals surface area contributed by atoms with Gasteiger partial charge in [-0.05, 0) is 24.1 Å². The van der Waals surface area contributed by atoms with Crippen molar-refractivity contribution in [2.24, 2.45) is 0 Å². The smallest absolute Gasteiger partial charge is 0.253 e. The van der Waals surface area contributed by atoms with Crippen molar-refractivity contribution in [1.82, 2.24) is 9.55 Å². The summed E-state index contributed by atoms with van der Waals surface area (Å²) >= 11 is 0. The quantitative estimate of drug-likeness (QED) is 0.904. The van der Waals surface area contributed by atoms with Gasteiger partial charge in [-0.25, -0.2) is 0 Å². The van der Waals surface area contributed by atoms with Gasteiger partial charge in [-0.3, -0.25) is 14.3 Å². The monoisotopic (exact) mass is 277 g/mol. The summed E-state index contributed by atoms with van der Waals surface area (Å²) in [6, 6.07) is 6.78. The number of hydrogen-bond donors (Lipinski definition) is 1. The Morgan fingerprint density at radius 3 is 2.84 bits per heavy atom. The Hall–Kier alpha value is -2.32. The number of nitrogens with zero attached hydrogens (tertiary/aromatic N) is 3. The molecule has 2 rings (SSSR count). The van der Waals surface area contributed by atoms with Crippen LogP contribution in [0.2, 0.25) is 0 Å². The molecule has 0 aliphatic carbocycles. The highest BCUT2D eigenvalue weighted by atomic mass is 35.5. The van der Waals surface area contributed by atoms with E-state index in [2.05, 4.69) is 4.98 Å². The molecule has 19 heavy (non-hydrogen) atoms. The third kappa shape index (κ3) is 2.92. The van der Waals surface area contributed by atoms with Crippen LogP contribution in [0.5, 0.6) is 5.88 Å². The Labute approximate surface area is 116 Å². The first-order valence-corrected chi connectivity index (χ1v) is 5.36. The molecule has 0 fully saturated rings. The summed E-state index contributed by atoms with van der Waals surface area (Å²) in [5.41, 5.74) is 1.04. The van der Waals surface area contributed by atoms with Gasteiger partial charge in [-0.2, -0.15) is 5.26 Å². The lowest BCUT2D eigenvalue weighted by Crippen LogP contribution is -2.21. The summed E-state index contributed by atoms with van der Waals surface area (Å²) in [6.45, 7) is 1.81. The molecule has 0 radical (unpaired) electrons. The van der Waals surface area contributed by atoms with Gasteiger partial charge in [0.25, 0.3) is 5.56 Å². The standard InChI is InChI=1S/C13H11N3O2.ClH/c1-9-5-12(17)16(13(18)11(9)6-14)8-10-3-2-4-15-7-10;/h2-5,7,18H,8H2,1H3;1H.